The molecule has 42 heavy (non-hydrogen) atoms. The number of rotatable bonds is 8. The zero-order chi connectivity index (χ0) is 29.6. The van der Waals surface area contributed by atoms with E-state index in [9.17, 15) is 14.7 Å². The van der Waals surface area contributed by atoms with E-state index in [1.165, 1.54) is 24.1 Å². The van der Waals surface area contributed by atoms with Crippen LogP contribution < -0.4 is 24.3 Å². The van der Waals surface area contributed by atoms with Crippen molar-refractivity contribution in [3.63, 3.8) is 0 Å². The molecule has 9 nitrogen and oxygen atoms in total. The lowest BCUT2D eigenvalue weighted by atomic mass is 9.95. The molecule has 0 bridgehead atoms. The van der Waals surface area contributed by atoms with Gasteiger partial charge in [-0.2, -0.15) is 0 Å². The zero-order valence-corrected chi connectivity index (χ0v) is 23.0. The fourth-order valence-electron chi connectivity index (χ4n) is 5.67. The Morgan fingerprint density at radius 2 is 1.83 bits per heavy atom. The molecule has 3 aromatic rings. The Hall–Kier alpha value is -4.38. The summed E-state index contributed by atoms with van der Waals surface area (Å²) in [6.45, 7) is 0.0220. The highest BCUT2D eigenvalue weighted by Crippen LogP contribution is 2.62. The van der Waals surface area contributed by atoms with Gasteiger partial charge >= 0.3 is 0 Å². The summed E-state index contributed by atoms with van der Waals surface area (Å²) in [6, 6.07) is 17.7. The number of aliphatic hydroxyl groups excluding tert-OH is 1. The van der Waals surface area contributed by atoms with Crippen LogP contribution in [0.15, 0.2) is 66.7 Å². The normalized spacial score (nSPS) is 23.6. The van der Waals surface area contributed by atoms with E-state index < -0.39 is 47.8 Å². The number of aliphatic hydroxyl groups is 1. The van der Waals surface area contributed by atoms with Crippen molar-refractivity contribution in [3.05, 3.63) is 83.4 Å². The van der Waals surface area contributed by atoms with Crippen LogP contribution in [0.25, 0.3) is 0 Å². The number of nitrogens with one attached hydrogen (secondary N) is 1. The van der Waals surface area contributed by atoms with Gasteiger partial charge in [-0.25, -0.2) is 8.78 Å². The lowest BCUT2D eigenvalue weighted by Crippen LogP contribution is -2.46. The number of amides is 2. The van der Waals surface area contributed by atoms with Gasteiger partial charge in [0.25, 0.3) is 11.8 Å². The fourth-order valence-corrected chi connectivity index (χ4v) is 5.67. The number of alkyl halides is 2. The molecule has 2 N–H and O–H groups in total. The minimum absolute atomic E-state index is 0.0101. The van der Waals surface area contributed by atoms with Gasteiger partial charge in [-0.15, -0.1) is 0 Å². The molecule has 1 fully saturated rings. The average molecular weight is 581 g/mol. The summed E-state index contributed by atoms with van der Waals surface area (Å²) in [5, 5.41) is 13.4. The predicted octanol–water partition coefficient (Wildman–Crippen LogP) is 3.97. The van der Waals surface area contributed by atoms with E-state index in [1.807, 2.05) is 6.07 Å². The Balaban J connectivity index is 1.20. The third-order valence-corrected chi connectivity index (χ3v) is 8.01. The molecule has 1 saturated carbocycles. The largest absolute Gasteiger partial charge is 0.497 e. The van der Waals surface area contributed by atoms with Gasteiger partial charge < -0.3 is 34.3 Å². The van der Waals surface area contributed by atoms with Gasteiger partial charge in [0.2, 0.25) is 12.7 Å². The standard InChI is InChI=1S/C31H30F2N2O7/c1-35(15-22(36)17-6-4-3-5-7-17)30(38)26-14-21(20-10-9-19(39-2)13-24(20)42-26)34-29(37)28-27(31(28,32)33)18-8-11-23-25(12-18)41-16-40-23/h3-13,21-22,26-28,36H,14-16H2,1-2H3,(H,34,37)/t21-,22?,26-,27?,28?/m1/s1. The molecular weight excluding hydrogens is 550 g/mol. The van der Waals surface area contributed by atoms with Gasteiger partial charge in [0.15, 0.2) is 17.6 Å². The number of hydrogen-bond acceptors (Lipinski definition) is 7. The molecule has 3 aliphatic rings. The van der Waals surface area contributed by atoms with E-state index in [0.717, 1.165) is 0 Å². The van der Waals surface area contributed by atoms with Crippen molar-refractivity contribution in [2.75, 3.05) is 27.5 Å². The molecule has 6 rings (SSSR count). The number of ether oxygens (including phenoxy) is 4. The smallest absolute Gasteiger partial charge is 0.268 e. The molecule has 0 aromatic heterocycles. The van der Waals surface area contributed by atoms with Crippen molar-refractivity contribution in [3.8, 4) is 23.0 Å². The minimum Gasteiger partial charge on any atom is -0.497 e. The number of methoxy groups -OCH3 is 1. The first-order valence-corrected chi connectivity index (χ1v) is 13.6. The highest BCUT2D eigenvalue weighted by atomic mass is 19.3. The van der Waals surface area contributed by atoms with E-state index in [0.29, 0.717) is 34.1 Å². The lowest BCUT2D eigenvalue weighted by Gasteiger charge is -2.34. The maximum atomic E-state index is 15.0. The predicted molar refractivity (Wildman–Crippen MR) is 146 cm³/mol. The van der Waals surface area contributed by atoms with Crippen LogP contribution in [0.4, 0.5) is 8.78 Å². The van der Waals surface area contributed by atoms with Crippen LogP contribution in [-0.4, -0.2) is 61.3 Å². The van der Waals surface area contributed by atoms with E-state index in [2.05, 4.69) is 5.32 Å². The van der Waals surface area contributed by atoms with Gasteiger partial charge in [0.05, 0.1) is 31.7 Å². The Morgan fingerprint density at radius 1 is 1.07 bits per heavy atom. The summed E-state index contributed by atoms with van der Waals surface area (Å²) in [5.41, 5.74) is 1.49. The number of nitrogens with zero attached hydrogens (tertiary/aromatic N) is 1. The highest BCUT2D eigenvalue weighted by molar-refractivity contribution is 5.86. The molecule has 0 radical (unpaired) electrons. The third kappa shape index (κ3) is 5.09. The van der Waals surface area contributed by atoms with Crippen LogP contribution >= 0.6 is 0 Å². The first kappa shape index (κ1) is 27.8. The number of carbonyl (C=O) groups is 2. The molecule has 220 valence electrons. The summed E-state index contributed by atoms with van der Waals surface area (Å²) < 4.78 is 51.9. The number of halogens is 2. The van der Waals surface area contributed by atoms with Gasteiger partial charge in [0, 0.05) is 25.1 Å². The SMILES string of the molecule is COc1ccc2c(c1)O[C@@H](C(=O)N(C)CC(O)c1ccccc1)C[C@H]2NC(=O)C1C(c2ccc3c(c2)OCO3)C1(F)F. The summed E-state index contributed by atoms with van der Waals surface area (Å²) in [4.78, 5) is 28.1. The molecule has 0 spiro atoms. The van der Waals surface area contributed by atoms with Gasteiger partial charge in [0.1, 0.15) is 17.4 Å². The Bertz CT molecular complexity index is 1500. The lowest BCUT2D eigenvalue weighted by molar-refractivity contribution is -0.140. The average Bonchev–Trinajstić information content (AvgIpc) is 3.31. The minimum atomic E-state index is -3.26. The Morgan fingerprint density at radius 3 is 2.60 bits per heavy atom. The highest BCUT2D eigenvalue weighted by Gasteiger charge is 2.72. The second-order valence-corrected chi connectivity index (χ2v) is 10.7. The van der Waals surface area contributed by atoms with Crippen LogP contribution in [0.5, 0.6) is 23.0 Å². The van der Waals surface area contributed by atoms with Crippen molar-refractivity contribution in [2.45, 2.75) is 36.5 Å². The number of carbonyl (C=O) groups excluding carboxylic acids is 2. The quantitative estimate of drug-likeness (QED) is 0.415. The van der Waals surface area contributed by atoms with E-state index >= 15 is 8.78 Å². The van der Waals surface area contributed by atoms with E-state index in [1.54, 1.807) is 55.6 Å². The summed E-state index contributed by atoms with van der Waals surface area (Å²) >= 11 is 0. The number of fused-ring (bicyclic) bond motifs is 2. The van der Waals surface area contributed by atoms with Crippen molar-refractivity contribution >= 4 is 11.8 Å². The molecule has 0 saturated heterocycles. The van der Waals surface area contributed by atoms with Crippen LogP contribution in [0.3, 0.4) is 0 Å². The second-order valence-electron chi connectivity index (χ2n) is 10.7. The molecule has 1 aliphatic carbocycles. The van der Waals surface area contributed by atoms with Crippen LogP contribution in [-0.2, 0) is 9.59 Å². The van der Waals surface area contributed by atoms with E-state index in [-0.39, 0.29) is 25.3 Å². The monoisotopic (exact) mass is 580 g/mol. The number of benzene rings is 3. The van der Waals surface area contributed by atoms with Gasteiger partial charge in [-0.3, -0.25) is 9.59 Å². The van der Waals surface area contributed by atoms with E-state index in [4.69, 9.17) is 18.9 Å². The molecule has 2 heterocycles. The zero-order valence-electron chi connectivity index (χ0n) is 23.0. The summed E-state index contributed by atoms with van der Waals surface area (Å²) in [6.07, 6.45) is -1.94. The fraction of sp³-hybridized carbons (Fsp3) is 0.355. The first-order valence-electron chi connectivity index (χ1n) is 13.6. The molecular formula is C31H30F2N2O7. The molecule has 3 aromatic carbocycles. The van der Waals surface area contributed by atoms with Crippen molar-refractivity contribution in [1.29, 1.82) is 0 Å². The topological polar surface area (TPSA) is 107 Å². The third-order valence-electron chi connectivity index (χ3n) is 8.01. The molecule has 2 amide bonds. The van der Waals surface area contributed by atoms with Crippen LogP contribution in [0.1, 0.15) is 41.2 Å². The molecule has 11 heteroatoms. The van der Waals surface area contributed by atoms with Crippen molar-refractivity contribution in [1.82, 2.24) is 10.2 Å². The van der Waals surface area contributed by atoms with Gasteiger partial charge in [-0.05, 0) is 35.4 Å². The van der Waals surface area contributed by atoms with Crippen molar-refractivity contribution in [2.24, 2.45) is 5.92 Å². The summed E-state index contributed by atoms with van der Waals surface area (Å²) in [5.74, 6) is -5.80. The maximum Gasteiger partial charge on any atom is 0.268 e. The van der Waals surface area contributed by atoms with Crippen LogP contribution in [0.2, 0.25) is 0 Å². The van der Waals surface area contributed by atoms with Crippen molar-refractivity contribution < 1.29 is 42.4 Å². The molecule has 5 atom stereocenters. The molecule has 2 aliphatic heterocycles. The maximum absolute atomic E-state index is 15.0. The Labute approximate surface area is 240 Å². The number of hydrogen-bond donors (Lipinski definition) is 2. The first-order chi connectivity index (χ1) is 20.2. The van der Waals surface area contributed by atoms with Gasteiger partial charge in [-0.1, -0.05) is 36.4 Å². The molecule has 3 unspecified atom stereocenters. The number of likely N-dealkylation sites (N-methyl/N-ethyl adjacent to an activating group) is 1. The second kappa shape index (κ2) is 10.8. The Kier molecular flexibility index (Phi) is 7.14. The van der Waals surface area contributed by atoms with Crippen LogP contribution in [0, 0.1) is 5.92 Å². The summed E-state index contributed by atoms with van der Waals surface area (Å²) in [7, 11) is 3.03.